The molecule has 1 atom stereocenters. The molecule has 0 unspecified atom stereocenters. The van der Waals surface area contributed by atoms with Crippen LogP contribution in [0.15, 0.2) is 18.2 Å². The minimum atomic E-state index is -6.01. The summed E-state index contributed by atoms with van der Waals surface area (Å²) in [5.41, 5.74) is 2.08. The van der Waals surface area contributed by atoms with Crippen molar-refractivity contribution >= 4 is 11.6 Å². The summed E-state index contributed by atoms with van der Waals surface area (Å²) in [4.78, 5) is 0. The molecule has 0 amide bonds. The third kappa shape index (κ3) is 2.98. The summed E-state index contributed by atoms with van der Waals surface area (Å²) in [5.74, 6) is -5.42. The van der Waals surface area contributed by atoms with Crippen LogP contribution >= 0.6 is 11.6 Å². The van der Waals surface area contributed by atoms with Crippen molar-refractivity contribution in [1.29, 1.82) is 0 Å². The Labute approximate surface area is 112 Å². The average Bonchev–Trinajstić information content (AvgIpc) is 2.25. The molecule has 1 rings (SSSR count). The molecule has 0 fully saturated rings. The van der Waals surface area contributed by atoms with Crippen LogP contribution in [0.4, 0.5) is 35.1 Å². The Morgan fingerprint density at radius 2 is 1.45 bits per heavy atom. The van der Waals surface area contributed by atoms with Crippen LogP contribution in [0.1, 0.15) is 17.2 Å². The minimum absolute atomic E-state index is 0.449. The fourth-order valence-electron chi connectivity index (χ4n) is 1.38. The summed E-state index contributed by atoms with van der Waals surface area (Å²) in [5, 5.41) is -1.28. The van der Waals surface area contributed by atoms with Crippen LogP contribution in [0.3, 0.4) is 0 Å². The van der Waals surface area contributed by atoms with E-state index in [4.69, 9.17) is 17.3 Å². The minimum Gasteiger partial charge on any atom is -0.319 e. The van der Waals surface area contributed by atoms with Crippen LogP contribution in [0.5, 0.6) is 0 Å². The summed E-state index contributed by atoms with van der Waals surface area (Å²) >= 11 is 5.24. The molecule has 2 N–H and O–H groups in total. The van der Waals surface area contributed by atoms with Gasteiger partial charge in [-0.1, -0.05) is 23.7 Å². The molecule has 114 valence electrons. The summed E-state index contributed by atoms with van der Waals surface area (Å²) in [6.45, 7) is 0. The fourth-order valence-corrected chi connectivity index (χ4v) is 1.73. The Balaban J connectivity index is 3.36. The van der Waals surface area contributed by atoms with Crippen molar-refractivity contribution in [2.45, 2.75) is 24.3 Å². The Kier molecular flexibility index (Phi) is 4.27. The molecule has 0 aromatic heterocycles. The van der Waals surface area contributed by atoms with E-state index in [2.05, 4.69) is 0 Å². The highest BCUT2D eigenvalue weighted by Gasteiger charge is 2.62. The van der Waals surface area contributed by atoms with Crippen molar-refractivity contribution < 1.29 is 35.1 Å². The summed E-state index contributed by atoms with van der Waals surface area (Å²) < 4.78 is 99.9. The first-order valence-electron chi connectivity index (χ1n) is 4.86. The van der Waals surface area contributed by atoms with Gasteiger partial charge in [-0.05, 0) is 11.6 Å². The molecule has 0 aliphatic rings. The highest BCUT2D eigenvalue weighted by atomic mass is 35.5. The van der Waals surface area contributed by atoms with Gasteiger partial charge in [0, 0.05) is 0 Å². The second-order valence-corrected chi connectivity index (χ2v) is 4.18. The number of halogens is 9. The molecule has 1 aromatic carbocycles. The van der Waals surface area contributed by atoms with E-state index in [9.17, 15) is 35.1 Å². The van der Waals surface area contributed by atoms with Crippen molar-refractivity contribution in [2.24, 2.45) is 5.73 Å². The zero-order valence-corrected chi connectivity index (χ0v) is 10.0. The van der Waals surface area contributed by atoms with E-state index < -0.39 is 40.5 Å². The van der Waals surface area contributed by atoms with E-state index in [1.807, 2.05) is 0 Å². The highest BCUT2D eigenvalue weighted by Crippen LogP contribution is 2.46. The first-order chi connectivity index (χ1) is 8.80. The van der Waals surface area contributed by atoms with Crippen molar-refractivity contribution in [3.63, 3.8) is 0 Å². The lowest BCUT2D eigenvalue weighted by molar-refractivity contribution is -0.291. The molecule has 0 saturated carbocycles. The molecule has 0 saturated heterocycles. The molecule has 1 aromatic rings. The molecule has 1 nitrogen and oxygen atoms in total. The SMILES string of the molecule is N[C@H](c1cccc(C(F)(F)F)c1Cl)C(F)(F)C(F)(F)F. The first-order valence-corrected chi connectivity index (χ1v) is 5.23. The number of nitrogens with two attached hydrogens (primary N) is 1. The van der Waals surface area contributed by atoms with Gasteiger partial charge in [0.15, 0.2) is 0 Å². The normalized spacial score (nSPS) is 15.3. The van der Waals surface area contributed by atoms with Crippen molar-refractivity contribution in [1.82, 2.24) is 0 Å². The zero-order chi connectivity index (χ0) is 15.9. The molecule has 20 heavy (non-hydrogen) atoms. The van der Waals surface area contributed by atoms with Crippen molar-refractivity contribution in [3.05, 3.63) is 34.3 Å². The van der Waals surface area contributed by atoms with Gasteiger partial charge in [-0.3, -0.25) is 0 Å². The maximum atomic E-state index is 13.0. The van der Waals surface area contributed by atoms with E-state index in [1.54, 1.807) is 0 Å². The van der Waals surface area contributed by atoms with E-state index in [1.165, 1.54) is 0 Å². The molecule has 0 spiro atoms. The van der Waals surface area contributed by atoms with Gasteiger partial charge in [-0.2, -0.15) is 35.1 Å². The Bertz CT molecular complexity index is 493. The van der Waals surface area contributed by atoms with Gasteiger partial charge in [-0.15, -0.1) is 0 Å². The molecular weight excluding hydrogens is 322 g/mol. The lowest BCUT2D eigenvalue weighted by Crippen LogP contribution is -2.46. The first kappa shape index (κ1) is 17.0. The van der Waals surface area contributed by atoms with Gasteiger partial charge >= 0.3 is 18.3 Å². The predicted molar refractivity (Wildman–Crippen MR) is 54.4 cm³/mol. The predicted octanol–water partition coefficient (Wildman–Crippen LogP) is 4.56. The van der Waals surface area contributed by atoms with Crippen molar-refractivity contribution in [3.8, 4) is 0 Å². The van der Waals surface area contributed by atoms with Gasteiger partial charge in [0.1, 0.15) is 6.04 Å². The number of benzene rings is 1. The number of alkyl halides is 8. The highest BCUT2D eigenvalue weighted by molar-refractivity contribution is 6.32. The number of hydrogen-bond acceptors (Lipinski definition) is 1. The van der Waals surface area contributed by atoms with Gasteiger partial charge in [0.2, 0.25) is 0 Å². The maximum Gasteiger partial charge on any atom is 0.455 e. The number of hydrogen-bond donors (Lipinski definition) is 1. The summed E-state index contributed by atoms with van der Waals surface area (Å²) in [6.07, 6.45) is -11.0. The standard InChI is InChI=1S/C10H6ClF8N/c11-6-4(2-1-3-5(6)9(14,15)16)7(20)8(12,13)10(17,18)19/h1-3,7H,20H2/t7-/m1/s1. The van der Waals surface area contributed by atoms with E-state index in [0.717, 1.165) is 0 Å². The second kappa shape index (κ2) is 5.03. The van der Waals surface area contributed by atoms with Crippen LogP contribution in [-0.2, 0) is 6.18 Å². The van der Waals surface area contributed by atoms with Crippen LogP contribution in [0.25, 0.3) is 0 Å². The maximum absolute atomic E-state index is 13.0. The van der Waals surface area contributed by atoms with Gasteiger partial charge in [0.25, 0.3) is 0 Å². The molecule has 0 bridgehead atoms. The van der Waals surface area contributed by atoms with Gasteiger partial charge in [0.05, 0.1) is 10.6 Å². The Morgan fingerprint density at radius 3 is 1.85 bits per heavy atom. The Morgan fingerprint density at radius 1 is 0.950 bits per heavy atom. The van der Waals surface area contributed by atoms with Crippen LogP contribution < -0.4 is 5.73 Å². The van der Waals surface area contributed by atoms with Gasteiger partial charge in [-0.25, -0.2) is 0 Å². The van der Waals surface area contributed by atoms with Crippen LogP contribution in [-0.4, -0.2) is 12.1 Å². The lowest BCUT2D eigenvalue weighted by Gasteiger charge is -2.27. The molecular formula is C10H6ClF8N. The van der Waals surface area contributed by atoms with Crippen LogP contribution in [0, 0.1) is 0 Å². The average molecular weight is 328 g/mol. The van der Waals surface area contributed by atoms with Gasteiger partial charge < -0.3 is 5.73 Å². The molecule has 10 heteroatoms. The Hall–Kier alpha value is -1.09. The largest absolute Gasteiger partial charge is 0.455 e. The third-order valence-corrected chi connectivity index (χ3v) is 2.86. The van der Waals surface area contributed by atoms with E-state index in [-0.39, 0.29) is 0 Å². The second-order valence-electron chi connectivity index (χ2n) is 3.80. The van der Waals surface area contributed by atoms with Crippen molar-refractivity contribution in [2.75, 3.05) is 0 Å². The topological polar surface area (TPSA) is 26.0 Å². The van der Waals surface area contributed by atoms with E-state index in [0.29, 0.717) is 18.2 Å². The summed E-state index contributed by atoms with van der Waals surface area (Å²) in [7, 11) is 0. The zero-order valence-electron chi connectivity index (χ0n) is 9.29. The molecule has 0 heterocycles. The quantitative estimate of drug-likeness (QED) is 0.792. The molecule has 0 aliphatic carbocycles. The van der Waals surface area contributed by atoms with E-state index >= 15 is 0 Å². The lowest BCUT2D eigenvalue weighted by atomic mass is 9.98. The van der Waals surface area contributed by atoms with Crippen LogP contribution in [0.2, 0.25) is 5.02 Å². The summed E-state index contributed by atoms with van der Waals surface area (Å²) in [6, 6.07) is -1.36. The number of rotatable bonds is 2. The fraction of sp³-hybridized carbons (Fsp3) is 0.400. The molecule has 0 radical (unpaired) electrons. The third-order valence-electron chi connectivity index (χ3n) is 2.44. The monoisotopic (exact) mass is 327 g/mol. The molecule has 0 aliphatic heterocycles. The smallest absolute Gasteiger partial charge is 0.319 e.